The molecule has 0 aliphatic heterocycles. The minimum atomic E-state index is -0.529. The number of amides is 2. The van der Waals surface area contributed by atoms with E-state index in [0.29, 0.717) is 13.1 Å². The molecule has 4 nitrogen and oxygen atoms in total. The fourth-order valence-electron chi connectivity index (χ4n) is 1.89. The molecule has 1 aromatic rings. The average Bonchev–Trinajstić information content (AvgIpc) is 2.96. The standard InChI is InChI=1S/C13H18N2O2S/c1-2-7-14-11(16)12(17)15-9-13(5-6-13)10-4-3-8-18-10/h3-4,8H,2,5-7,9H2,1H3,(H,14,16)(H,15,17). The molecule has 0 saturated heterocycles. The molecule has 1 aliphatic rings. The molecule has 2 amide bonds. The van der Waals surface area contributed by atoms with Crippen molar-refractivity contribution >= 4 is 23.2 Å². The van der Waals surface area contributed by atoms with Crippen LogP contribution in [0.25, 0.3) is 0 Å². The van der Waals surface area contributed by atoms with Crippen LogP contribution in [-0.2, 0) is 15.0 Å². The number of carbonyl (C=O) groups is 2. The second-order valence-corrected chi connectivity index (χ2v) is 5.64. The summed E-state index contributed by atoms with van der Waals surface area (Å²) in [6, 6.07) is 4.12. The molecule has 5 heteroatoms. The van der Waals surface area contributed by atoms with Crippen LogP contribution in [0.3, 0.4) is 0 Å². The van der Waals surface area contributed by atoms with Gasteiger partial charge in [-0.1, -0.05) is 13.0 Å². The zero-order chi connectivity index (χ0) is 13.0. The Balaban J connectivity index is 1.81. The van der Waals surface area contributed by atoms with E-state index in [2.05, 4.69) is 16.7 Å². The van der Waals surface area contributed by atoms with Crippen LogP contribution in [0.5, 0.6) is 0 Å². The van der Waals surface area contributed by atoms with Crippen LogP contribution in [0.1, 0.15) is 31.1 Å². The van der Waals surface area contributed by atoms with Gasteiger partial charge in [-0.3, -0.25) is 9.59 Å². The Bertz CT molecular complexity index is 424. The van der Waals surface area contributed by atoms with Gasteiger partial charge in [0, 0.05) is 23.4 Å². The van der Waals surface area contributed by atoms with Crippen LogP contribution in [0.15, 0.2) is 17.5 Å². The van der Waals surface area contributed by atoms with Crippen molar-refractivity contribution in [1.82, 2.24) is 10.6 Å². The van der Waals surface area contributed by atoms with Crippen LogP contribution in [-0.4, -0.2) is 24.9 Å². The summed E-state index contributed by atoms with van der Waals surface area (Å²) >= 11 is 1.71. The number of hydrogen-bond acceptors (Lipinski definition) is 3. The molecule has 98 valence electrons. The number of carbonyl (C=O) groups excluding carboxylic acids is 2. The summed E-state index contributed by atoms with van der Waals surface area (Å²) in [5.41, 5.74) is 0.0921. The van der Waals surface area contributed by atoms with Crippen LogP contribution in [0.4, 0.5) is 0 Å². The summed E-state index contributed by atoms with van der Waals surface area (Å²) < 4.78 is 0. The highest BCUT2D eigenvalue weighted by Crippen LogP contribution is 2.49. The van der Waals surface area contributed by atoms with Gasteiger partial charge in [0.25, 0.3) is 0 Å². The number of thiophene rings is 1. The third kappa shape index (κ3) is 2.90. The lowest BCUT2D eigenvalue weighted by Crippen LogP contribution is -2.42. The Hall–Kier alpha value is -1.36. The van der Waals surface area contributed by atoms with Crippen molar-refractivity contribution in [2.75, 3.05) is 13.1 Å². The molecule has 0 spiro atoms. The Morgan fingerprint density at radius 3 is 2.61 bits per heavy atom. The number of rotatable bonds is 5. The van der Waals surface area contributed by atoms with E-state index in [-0.39, 0.29) is 5.41 Å². The van der Waals surface area contributed by atoms with E-state index in [1.807, 2.05) is 18.4 Å². The minimum Gasteiger partial charge on any atom is -0.348 e. The third-order valence-electron chi connectivity index (χ3n) is 3.23. The van der Waals surface area contributed by atoms with E-state index < -0.39 is 11.8 Å². The first-order chi connectivity index (χ1) is 8.68. The molecule has 0 unspecified atom stereocenters. The first-order valence-corrected chi connectivity index (χ1v) is 7.16. The summed E-state index contributed by atoms with van der Waals surface area (Å²) in [6.07, 6.45) is 3.01. The first-order valence-electron chi connectivity index (χ1n) is 6.28. The summed E-state index contributed by atoms with van der Waals surface area (Å²) in [6.45, 7) is 3.06. The molecule has 0 aromatic carbocycles. The van der Waals surface area contributed by atoms with Gasteiger partial charge >= 0.3 is 11.8 Å². The van der Waals surface area contributed by atoms with Crippen molar-refractivity contribution in [3.05, 3.63) is 22.4 Å². The summed E-state index contributed by atoms with van der Waals surface area (Å²) in [4.78, 5) is 24.3. The maximum atomic E-state index is 11.6. The van der Waals surface area contributed by atoms with Crippen molar-refractivity contribution in [3.63, 3.8) is 0 Å². The largest absolute Gasteiger partial charge is 0.348 e. The van der Waals surface area contributed by atoms with E-state index in [1.54, 1.807) is 11.3 Å². The van der Waals surface area contributed by atoms with E-state index in [9.17, 15) is 9.59 Å². The first kappa shape index (κ1) is 13.1. The molecule has 1 aliphatic carbocycles. The van der Waals surface area contributed by atoms with Crippen LogP contribution in [0, 0.1) is 0 Å². The van der Waals surface area contributed by atoms with E-state index in [0.717, 1.165) is 19.3 Å². The van der Waals surface area contributed by atoms with Gasteiger partial charge in [0.05, 0.1) is 0 Å². The molecule has 0 radical (unpaired) electrons. The molecule has 1 fully saturated rings. The molecule has 18 heavy (non-hydrogen) atoms. The summed E-state index contributed by atoms with van der Waals surface area (Å²) in [5, 5.41) is 7.36. The second-order valence-electron chi connectivity index (χ2n) is 4.70. The van der Waals surface area contributed by atoms with Gasteiger partial charge in [-0.2, -0.15) is 0 Å². The van der Waals surface area contributed by atoms with Crippen molar-refractivity contribution in [3.8, 4) is 0 Å². The second kappa shape index (κ2) is 5.52. The van der Waals surface area contributed by atoms with E-state index in [4.69, 9.17) is 0 Å². The lowest BCUT2D eigenvalue weighted by molar-refractivity contribution is -0.139. The van der Waals surface area contributed by atoms with Crippen molar-refractivity contribution < 1.29 is 9.59 Å². The zero-order valence-electron chi connectivity index (χ0n) is 10.5. The maximum Gasteiger partial charge on any atom is 0.309 e. The predicted octanol–water partition coefficient (Wildman–Crippen LogP) is 1.42. The monoisotopic (exact) mass is 266 g/mol. The summed E-state index contributed by atoms with van der Waals surface area (Å²) in [7, 11) is 0. The number of nitrogens with one attached hydrogen (secondary N) is 2. The van der Waals surface area contributed by atoms with Gasteiger partial charge in [-0.25, -0.2) is 0 Å². The zero-order valence-corrected chi connectivity index (χ0v) is 11.3. The number of hydrogen-bond donors (Lipinski definition) is 2. The predicted molar refractivity (Wildman–Crippen MR) is 71.5 cm³/mol. The molecular formula is C13H18N2O2S. The molecular weight excluding hydrogens is 248 g/mol. The van der Waals surface area contributed by atoms with Gasteiger partial charge in [0.1, 0.15) is 0 Å². The Morgan fingerprint density at radius 2 is 2.06 bits per heavy atom. The van der Waals surface area contributed by atoms with Gasteiger partial charge in [-0.05, 0) is 30.7 Å². The lowest BCUT2D eigenvalue weighted by Gasteiger charge is -2.14. The fraction of sp³-hybridized carbons (Fsp3) is 0.538. The maximum absolute atomic E-state index is 11.6. The smallest absolute Gasteiger partial charge is 0.309 e. The highest BCUT2D eigenvalue weighted by atomic mass is 32.1. The highest BCUT2D eigenvalue weighted by molar-refractivity contribution is 7.10. The Morgan fingerprint density at radius 1 is 1.33 bits per heavy atom. The SMILES string of the molecule is CCCNC(=O)C(=O)NCC1(c2cccs2)CC1. The topological polar surface area (TPSA) is 58.2 Å². The van der Waals surface area contributed by atoms with Gasteiger partial charge in [-0.15, -0.1) is 11.3 Å². The van der Waals surface area contributed by atoms with Crippen LogP contribution in [0.2, 0.25) is 0 Å². The third-order valence-corrected chi connectivity index (χ3v) is 4.34. The molecule has 0 bridgehead atoms. The molecule has 2 rings (SSSR count). The summed E-state index contributed by atoms with van der Waals surface area (Å²) in [5.74, 6) is -1.05. The quantitative estimate of drug-likeness (QED) is 0.792. The minimum absolute atomic E-state index is 0.0921. The molecule has 1 saturated carbocycles. The molecule has 1 heterocycles. The van der Waals surface area contributed by atoms with Gasteiger partial charge in [0.15, 0.2) is 0 Å². The normalized spacial score (nSPS) is 16.1. The Labute approximate surface area is 111 Å². The van der Waals surface area contributed by atoms with Crippen molar-refractivity contribution in [1.29, 1.82) is 0 Å². The van der Waals surface area contributed by atoms with Crippen LogP contribution < -0.4 is 10.6 Å². The lowest BCUT2D eigenvalue weighted by atomic mass is 10.1. The Kier molecular flexibility index (Phi) is 4.01. The van der Waals surface area contributed by atoms with Gasteiger partial charge in [0.2, 0.25) is 0 Å². The van der Waals surface area contributed by atoms with Crippen molar-refractivity contribution in [2.24, 2.45) is 0 Å². The highest BCUT2D eigenvalue weighted by Gasteiger charge is 2.45. The molecule has 2 N–H and O–H groups in total. The van der Waals surface area contributed by atoms with Gasteiger partial charge < -0.3 is 10.6 Å². The van der Waals surface area contributed by atoms with Crippen molar-refractivity contribution in [2.45, 2.75) is 31.6 Å². The molecule has 0 atom stereocenters. The van der Waals surface area contributed by atoms with E-state index >= 15 is 0 Å². The fourth-order valence-corrected chi connectivity index (χ4v) is 2.88. The van der Waals surface area contributed by atoms with Crippen LogP contribution >= 0.6 is 11.3 Å². The average molecular weight is 266 g/mol. The molecule has 1 aromatic heterocycles. The van der Waals surface area contributed by atoms with E-state index in [1.165, 1.54) is 4.88 Å².